The standard InChI is InChI=1S/C6H9ClN2S/c1-2-5(7)9-4-3-8-6(9)10/h2,5H,1,3-4H2,(H,8,10). The fraction of sp³-hybridized carbons (Fsp3) is 0.500. The normalized spacial score (nSPS) is 20.5. The van der Waals surface area contributed by atoms with Crippen molar-refractivity contribution >= 4 is 28.9 Å². The Labute approximate surface area is 70.8 Å². The second kappa shape index (κ2) is 3.21. The predicted octanol–water partition coefficient (Wildman–Crippen LogP) is 0.927. The highest BCUT2D eigenvalue weighted by Crippen LogP contribution is 2.08. The molecule has 0 bridgehead atoms. The highest BCUT2D eigenvalue weighted by molar-refractivity contribution is 7.80. The Morgan fingerprint density at radius 1 is 1.90 bits per heavy atom. The molecule has 1 aliphatic rings. The zero-order chi connectivity index (χ0) is 7.56. The third-order valence-electron chi connectivity index (χ3n) is 1.38. The number of hydrogen-bond acceptors (Lipinski definition) is 1. The van der Waals surface area contributed by atoms with Crippen LogP contribution in [0, 0.1) is 0 Å². The monoisotopic (exact) mass is 176 g/mol. The molecule has 0 radical (unpaired) electrons. The van der Waals surface area contributed by atoms with Gasteiger partial charge < -0.3 is 10.2 Å². The molecule has 56 valence electrons. The number of halogens is 1. The van der Waals surface area contributed by atoms with Gasteiger partial charge in [0, 0.05) is 13.1 Å². The van der Waals surface area contributed by atoms with Crippen molar-refractivity contribution in [2.45, 2.75) is 5.50 Å². The summed E-state index contributed by atoms with van der Waals surface area (Å²) in [4.78, 5) is 1.89. The summed E-state index contributed by atoms with van der Waals surface area (Å²) >= 11 is 10.8. The summed E-state index contributed by atoms with van der Waals surface area (Å²) in [6.07, 6.45) is 1.67. The van der Waals surface area contributed by atoms with Crippen LogP contribution in [0.4, 0.5) is 0 Å². The van der Waals surface area contributed by atoms with Crippen LogP contribution in [0.3, 0.4) is 0 Å². The van der Waals surface area contributed by atoms with Gasteiger partial charge in [-0.3, -0.25) is 0 Å². The maximum Gasteiger partial charge on any atom is 0.170 e. The molecule has 0 aliphatic carbocycles. The van der Waals surface area contributed by atoms with E-state index in [9.17, 15) is 0 Å². The van der Waals surface area contributed by atoms with Crippen molar-refractivity contribution in [3.05, 3.63) is 12.7 Å². The predicted molar refractivity (Wildman–Crippen MR) is 47.1 cm³/mol. The SMILES string of the molecule is C=CC(Cl)N1CCNC1=S. The lowest BCUT2D eigenvalue weighted by molar-refractivity contribution is 0.484. The minimum absolute atomic E-state index is 0.164. The molecule has 4 heteroatoms. The molecule has 10 heavy (non-hydrogen) atoms. The molecular formula is C6H9ClN2S. The fourth-order valence-electron chi connectivity index (χ4n) is 0.849. The van der Waals surface area contributed by atoms with Gasteiger partial charge in [-0.2, -0.15) is 0 Å². The average molecular weight is 177 g/mol. The maximum atomic E-state index is 5.85. The maximum absolute atomic E-state index is 5.85. The zero-order valence-corrected chi connectivity index (χ0v) is 7.08. The van der Waals surface area contributed by atoms with E-state index in [0.29, 0.717) is 0 Å². The van der Waals surface area contributed by atoms with Crippen molar-refractivity contribution in [2.75, 3.05) is 13.1 Å². The molecule has 1 fully saturated rings. The number of nitrogens with one attached hydrogen (secondary N) is 1. The van der Waals surface area contributed by atoms with Crippen LogP contribution in [0.25, 0.3) is 0 Å². The van der Waals surface area contributed by atoms with Crippen LogP contribution in [0.5, 0.6) is 0 Å². The quantitative estimate of drug-likeness (QED) is 0.292. The number of alkyl halides is 1. The smallest absolute Gasteiger partial charge is 0.170 e. The lowest BCUT2D eigenvalue weighted by Gasteiger charge is -2.19. The Balaban J connectivity index is 2.54. The van der Waals surface area contributed by atoms with Crippen LogP contribution in [0.15, 0.2) is 12.7 Å². The van der Waals surface area contributed by atoms with Crippen LogP contribution < -0.4 is 5.32 Å². The number of hydrogen-bond donors (Lipinski definition) is 1. The van der Waals surface area contributed by atoms with E-state index < -0.39 is 0 Å². The molecule has 1 rings (SSSR count). The molecule has 0 aromatic rings. The van der Waals surface area contributed by atoms with Crippen molar-refractivity contribution in [1.29, 1.82) is 0 Å². The third kappa shape index (κ3) is 1.41. The summed E-state index contributed by atoms with van der Waals surface area (Å²) in [5.41, 5.74) is -0.164. The largest absolute Gasteiger partial charge is 0.361 e. The van der Waals surface area contributed by atoms with E-state index in [2.05, 4.69) is 11.9 Å². The first-order valence-electron chi connectivity index (χ1n) is 3.07. The van der Waals surface area contributed by atoms with E-state index in [0.717, 1.165) is 18.2 Å². The third-order valence-corrected chi connectivity index (χ3v) is 2.17. The van der Waals surface area contributed by atoms with Crippen LogP contribution in [0.1, 0.15) is 0 Å². The Morgan fingerprint density at radius 3 is 3.00 bits per heavy atom. The number of nitrogens with zero attached hydrogens (tertiary/aromatic N) is 1. The van der Waals surface area contributed by atoms with Gasteiger partial charge in [0.05, 0.1) is 0 Å². The average Bonchev–Trinajstić information content (AvgIpc) is 2.34. The molecule has 1 N–H and O–H groups in total. The Kier molecular flexibility index (Phi) is 2.51. The van der Waals surface area contributed by atoms with Crippen LogP contribution in [-0.2, 0) is 0 Å². The minimum atomic E-state index is -0.164. The van der Waals surface area contributed by atoms with Crippen LogP contribution >= 0.6 is 23.8 Å². The van der Waals surface area contributed by atoms with Crippen molar-refractivity contribution < 1.29 is 0 Å². The van der Waals surface area contributed by atoms with E-state index >= 15 is 0 Å². The van der Waals surface area contributed by atoms with Gasteiger partial charge in [0.15, 0.2) is 5.11 Å². The topological polar surface area (TPSA) is 15.3 Å². The highest BCUT2D eigenvalue weighted by Gasteiger charge is 2.20. The van der Waals surface area contributed by atoms with Gasteiger partial charge in [0.1, 0.15) is 5.50 Å². The number of thiocarbonyl (C=S) groups is 1. The molecule has 0 spiro atoms. The van der Waals surface area contributed by atoms with Gasteiger partial charge in [-0.15, -0.1) is 0 Å². The molecule has 0 amide bonds. The Morgan fingerprint density at radius 2 is 2.60 bits per heavy atom. The molecule has 0 aromatic carbocycles. The summed E-state index contributed by atoms with van der Waals surface area (Å²) in [5.74, 6) is 0. The number of rotatable bonds is 2. The summed E-state index contributed by atoms with van der Waals surface area (Å²) in [6.45, 7) is 5.34. The van der Waals surface area contributed by atoms with E-state index in [1.807, 2.05) is 4.90 Å². The van der Waals surface area contributed by atoms with Crippen molar-refractivity contribution in [3.8, 4) is 0 Å². The molecule has 1 atom stereocenters. The molecular weight excluding hydrogens is 168 g/mol. The van der Waals surface area contributed by atoms with Crippen molar-refractivity contribution in [2.24, 2.45) is 0 Å². The lowest BCUT2D eigenvalue weighted by atomic mass is 10.5. The first-order chi connectivity index (χ1) is 4.75. The zero-order valence-electron chi connectivity index (χ0n) is 5.51. The first kappa shape index (κ1) is 7.82. The lowest BCUT2D eigenvalue weighted by Crippen LogP contribution is -2.32. The molecule has 1 heterocycles. The van der Waals surface area contributed by atoms with Gasteiger partial charge >= 0.3 is 0 Å². The van der Waals surface area contributed by atoms with E-state index in [-0.39, 0.29) is 5.50 Å². The summed E-state index contributed by atoms with van der Waals surface area (Å²) in [7, 11) is 0. The second-order valence-corrected chi connectivity index (χ2v) is 2.87. The Bertz CT molecular complexity index is 160. The van der Waals surface area contributed by atoms with Crippen molar-refractivity contribution in [1.82, 2.24) is 10.2 Å². The van der Waals surface area contributed by atoms with E-state index in [1.165, 1.54) is 0 Å². The fourth-order valence-corrected chi connectivity index (χ4v) is 1.41. The Hall–Kier alpha value is -0.280. The van der Waals surface area contributed by atoms with Gasteiger partial charge in [0.25, 0.3) is 0 Å². The van der Waals surface area contributed by atoms with Gasteiger partial charge in [-0.1, -0.05) is 24.3 Å². The highest BCUT2D eigenvalue weighted by atomic mass is 35.5. The second-order valence-electron chi connectivity index (χ2n) is 2.03. The summed E-state index contributed by atoms with van der Waals surface area (Å²) in [6, 6.07) is 0. The van der Waals surface area contributed by atoms with Crippen molar-refractivity contribution in [3.63, 3.8) is 0 Å². The van der Waals surface area contributed by atoms with Crippen LogP contribution in [0.2, 0.25) is 0 Å². The molecule has 0 saturated carbocycles. The van der Waals surface area contributed by atoms with Gasteiger partial charge in [-0.05, 0) is 12.2 Å². The molecule has 1 aliphatic heterocycles. The van der Waals surface area contributed by atoms with E-state index in [1.54, 1.807) is 6.08 Å². The molecule has 2 nitrogen and oxygen atoms in total. The van der Waals surface area contributed by atoms with Gasteiger partial charge in [-0.25, -0.2) is 0 Å². The summed E-state index contributed by atoms with van der Waals surface area (Å²) < 4.78 is 0. The minimum Gasteiger partial charge on any atom is -0.361 e. The first-order valence-corrected chi connectivity index (χ1v) is 3.91. The van der Waals surface area contributed by atoms with Gasteiger partial charge in [0.2, 0.25) is 0 Å². The molecule has 1 unspecified atom stereocenters. The molecule has 1 saturated heterocycles. The van der Waals surface area contributed by atoms with E-state index in [4.69, 9.17) is 23.8 Å². The van der Waals surface area contributed by atoms with Crippen LogP contribution in [-0.4, -0.2) is 28.6 Å². The molecule has 0 aromatic heterocycles. The summed E-state index contributed by atoms with van der Waals surface area (Å²) in [5, 5.41) is 3.73.